The van der Waals surface area contributed by atoms with Gasteiger partial charge in [0.25, 0.3) is 5.91 Å². The monoisotopic (exact) mass is 380 g/mol. The molecular weight excluding hydrogens is 371 g/mol. The molecule has 22 heavy (non-hydrogen) atoms. The molecule has 1 N–H and O–H groups in total. The lowest BCUT2D eigenvalue weighted by Gasteiger charge is -2.05. The van der Waals surface area contributed by atoms with Gasteiger partial charge in [-0.15, -0.1) is 0 Å². The number of aromatic nitrogens is 1. The van der Waals surface area contributed by atoms with E-state index in [4.69, 9.17) is 4.74 Å². The van der Waals surface area contributed by atoms with E-state index in [-0.39, 0.29) is 11.7 Å². The fraction of sp³-hybridized carbons (Fsp3) is 0.0667. The van der Waals surface area contributed by atoms with Gasteiger partial charge >= 0.3 is 0 Å². The van der Waals surface area contributed by atoms with Crippen LogP contribution in [-0.2, 0) is 0 Å². The molecule has 4 nitrogen and oxygen atoms in total. The first-order chi connectivity index (χ1) is 10.6. The standard InChI is InChI=1S/C15H10BrFN2O2S/c1-21-12-5-2-8(6-10(12)16)14(20)19-15-18-11-4-3-9(17)7-13(11)22-15/h2-7H,1H3,(H,18,19,20). The van der Waals surface area contributed by atoms with Gasteiger partial charge in [0.1, 0.15) is 11.6 Å². The smallest absolute Gasteiger partial charge is 0.257 e. The van der Waals surface area contributed by atoms with Gasteiger partial charge in [0.2, 0.25) is 0 Å². The number of amides is 1. The van der Waals surface area contributed by atoms with Crippen molar-refractivity contribution in [3.8, 4) is 5.75 Å². The minimum absolute atomic E-state index is 0.289. The van der Waals surface area contributed by atoms with Crippen molar-refractivity contribution in [2.45, 2.75) is 0 Å². The summed E-state index contributed by atoms with van der Waals surface area (Å²) in [6.45, 7) is 0. The van der Waals surface area contributed by atoms with Gasteiger partial charge in [0.05, 0.1) is 21.8 Å². The van der Waals surface area contributed by atoms with Crippen LogP contribution in [0.15, 0.2) is 40.9 Å². The second-order valence-corrected chi connectivity index (χ2v) is 6.32. The van der Waals surface area contributed by atoms with Crippen molar-refractivity contribution in [1.82, 2.24) is 4.98 Å². The van der Waals surface area contributed by atoms with Gasteiger partial charge in [-0.1, -0.05) is 11.3 Å². The Labute approximate surface area is 138 Å². The number of anilines is 1. The Morgan fingerprint density at radius 2 is 2.14 bits per heavy atom. The number of methoxy groups -OCH3 is 1. The summed E-state index contributed by atoms with van der Waals surface area (Å²) < 4.78 is 19.7. The maximum Gasteiger partial charge on any atom is 0.257 e. The molecule has 3 aromatic rings. The van der Waals surface area contributed by atoms with Crippen molar-refractivity contribution in [2.24, 2.45) is 0 Å². The number of benzene rings is 2. The molecule has 0 radical (unpaired) electrons. The molecule has 7 heteroatoms. The summed E-state index contributed by atoms with van der Waals surface area (Å²) in [6, 6.07) is 9.35. The molecule has 0 saturated carbocycles. The predicted octanol–water partition coefficient (Wildman–Crippen LogP) is 4.46. The topological polar surface area (TPSA) is 51.2 Å². The molecule has 3 rings (SSSR count). The van der Waals surface area contributed by atoms with Gasteiger partial charge < -0.3 is 4.74 Å². The maximum atomic E-state index is 13.2. The number of hydrogen-bond acceptors (Lipinski definition) is 4. The minimum atomic E-state index is -0.326. The Balaban J connectivity index is 1.84. The second-order valence-electron chi connectivity index (χ2n) is 4.43. The number of hydrogen-bond donors (Lipinski definition) is 1. The zero-order chi connectivity index (χ0) is 15.7. The van der Waals surface area contributed by atoms with E-state index < -0.39 is 0 Å². The number of thiazole rings is 1. The number of rotatable bonds is 3. The Kier molecular flexibility index (Phi) is 4.08. The molecule has 0 aliphatic heterocycles. The molecule has 1 amide bonds. The lowest BCUT2D eigenvalue weighted by molar-refractivity contribution is 0.102. The van der Waals surface area contributed by atoms with Crippen molar-refractivity contribution in [2.75, 3.05) is 12.4 Å². The van der Waals surface area contributed by atoms with Crippen LogP contribution in [0.1, 0.15) is 10.4 Å². The van der Waals surface area contributed by atoms with Crippen LogP contribution in [0.4, 0.5) is 9.52 Å². The molecule has 0 unspecified atom stereocenters. The van der Waals surface area contributed by atoms with Crippen LogP contribution in [0, 0.1) is 5.82 Å². The third-order valence-electron chi connectivity index (χ3n) is 2.98. The predicted molar refractivity (Wildman–Crippen MR) is 88.2 cm³/mol. The van der Waals surface area contributed by atoms with E-state index in [1.165, 1.54) is 23.5 Å². The van der Waals surface area contributed by atoms with Crippen LogP contribution in [-0.4, -0.2) is 18.0 Å². The molecule has 112 valence electrons. The zero-order valence-corrected chi connectivity index (χ0v) is 13.8. The normalized spacial score (nSPS) is 10.7. The average molecular weight is 381 g/mol. The molecule has 0 atom stereocenters. The van der Waals surface area contributed by atoms with Gasteiger partial charge in [-0.25, -0.2) is 9.37 Å². The van der Waals surface area contributed by atoms with Crippen molar-refractivity contribution in [3.63, 3.8) is 0 Å². The SMILES string of the molecule is COc1ccc(C(=O)Nc2nc3ccc(F)cc3s2)cc1Br. The maximum absolute atomic E-state index is 13.2. The van der Waals surface area contributed by atoms with Gasteiger partial charge in [0.15, 0.2) is 5.13 Å². The van der Waals surface area contributed by atoms with Crippen molar-refractivity contribution in [3.05, 3.63) is 52.3 Å². The van der Waals surface area contributed by atoms with E-state index in [2.05, 4.69) is 26.2 Å². The molecule has 1 heterocycles. The summed E-state index contributed by atoms with van der Waals surface area (Å²) >= 11 is 4.56. The van der Waals surface area contributed by atoms with E-state index in [1.807, 2.05) is 0 Å². The van der Waals surface area contributed by atoms with E-state index in [1.54, 1.807) is 31.4 Å². The molecule has 0 bridgehead atoms. The Hall–Kier alpha value is -1.99. The third kappa shape index (κ3) is 2.95. The third-order valence-corrected chi connectivity index (χ3v) is 4.54. The highest BCUT2D eigenvalue weighted by Gasteiger charge is 2.12. The first-order valence-electron chi connectivity index (χ1n) is 6.28. The van der Waals surface area contributed by atoms with E-state index in [9.17, 15) is 9.18 Å². The van der Waals surface area contributed by atoms with Crippen LogP contribution in [0.2, 0.25) is 0 Å². The van der Waals surface area contributed by atoms with Gasteiger partial charge in [-0.2, -0.15) is 0 Å². The van der Waals surface area contributed by atoms with Crippen LogP contribution in [0.3, 0.4) is 0 Å². The molecular formula is C15H10BrFN2O2S. The number of carbonyl (C=O) groups is 1. The minimum Gasteiger partial charge on any atom is -0.496 e. The molecule has 0 aliphatic carbocycles. The van der Waals surface area contributed by atoms with Crippen LogP contribution >= 0.6 is 27.3 Å². The lowest BCUT2D eigenvalue weighted by atomic mass is 10.2. The van der Waals surface area contributed by atoms with Crippen LogP contribution < -0.4 is 10.1 Å². The lowest BCUT2D eigenvalue weighted by Crippen LogP contribution is -2.11. The molecule has 1 aromatic heterocycles. The van der Waals surface area contributed by atoms with Crippen molar-refractivity contribution in [1.29, 1.82) is 0 Å². The number of nitrogens with zero attached hydrogens (tertiary/aromatic N) is 1. The Morgan fingerprint density at radius 3 is 2.86 bits per heavy atom. The van der Waals surface area contributed by atoms with E-state index in [0.717, 1.165) is 0 Å². The highest BCUT2D eigenvalue weighted by atomic mass is 79.9. The number of ether oxygens (including phenoxy) is 1. The van der Waals surface area contributed by atoms with Gasteiger partial charge in [0, 0.05) is 5.56 Å². The molecule has 0 fully saturated rings. The van der Waals surface area contributed by atoms with Crippen LogP contribution in [0.25, 0.3) is 10.2 Å². The van der Waals surface area contributed by atoms with Crippen molar-refractivity contribution < 1.29 is 13.9 Å². The number of halogens is 2. The number of fused-ring (bicyclic) bond motifs is 1. The number of nitrogens with one attached hydrogen (secondary N) is 1. The highest BCUT2D eigenvalue weighted by molar-refractivity contribution is 9.10. The second kappa shape index (κ2) is 6.02. The van der Waals surface area contributed by atoms with E-state index >= 15 is 0 Å². The Morgan fingerprint density at radius 1 is 1.32 bits per heavy atom. The van der Waals surface area contributed by atoms with Crippen LogP contribution in [0.5, 0.6) is 5.75 Å². The van der Waals surface area contributed by atoms with Crippen molar-refractivity contribution >= 4 is 48.5 Å². The van der Waals surface area contributed by atoms with Gasteiger partial charge in [-0.3, -0.25) is 10.1 Å². The fourth-order valence-electron chi connectivity index (χ4n) is 1.93. The largest absolute Gasteiger partial charge is 0.496 e. The first-order valence-corrected chi connectivity index (χ1v) is 7.89. The molecule has 0 spiro atoms. The first kappa shape index (κ1) is 14.9. The average Bonchev–Trinajstić information content (AvgIpc) is 2.88. The van der Waals surface area contributed by atoms with E-state index in [0.29, 0.717) is 31.1 Å². The molecule has 2 aromatic carbocycles. The summed E-state index contributed by atoms with van der Waals surface area (Å²) in [5.74, 6) is 0.0306. The summed E-state index contributed by atoms with van der Waals surface area (Å²) in [6.07, 6.45) is 0. The molecule has 0 aliphatic rings. The Bertz CT molecular complexity index is 866. The summed E-state index contributed by atoms with van der Waals surface area (Å²) in [5, 5.41) is 3.14. The number of carbonyl (C=O) groups excluding carboxylic acids is 1. The summed E-state index contributed by atoms with van der Waals surface area (Å²) in [7, 11) is 1.56. The van der Waals surface area contributed by atoms with Gasteiger partial charge in [-0.05, 0) is 52.3 Å². The fourth-order valence-corrected chi connectivity index (χ4v) is 3.36. The zero-order valence-electron chi connectivity index (χ0n) is 11.4. The molecule has 0 saturated heterocycles. The summed E-state index contributed by atoms with van der Waals surface area (Å²) in [4.78, 5) is 16.5. The quantitative estimate of drug-likeness (QED) is 0.729. The summed E-state index contributed by atoms with van der Waals surface area (Å²) in [5.41, 5.74) is 1.12. The highest BCUT2D eigenvalue weighted by Crippen LogP contribution is 2.28.